The van der Waals surface area contributed by atoms with E-state index < -0.39 is 58.9 Å². The Morgan fingerprint density at radius 1 is 0.625 bits per heavy atom. The molecule has 0 saturated carbocycles. The molecule has 0 saturated heterocycles. The number of esters is 1. The van der Waals surface area contributed by atoms with Crippen molar-refractivity contribution < 1.29 is 42.9 Å². The Morgan fingerprint density at radius 3 is 1.60 bits per heavy atom. The summed E-state index contributed by atoms with van der Waals surface area (Å²) in [7, 11) is 0. The number of amides is 4. The number of benzene rings is 1. The zero-order valence-corrected chi connectivity index (χ0v) is 30.3. The van der Waals surface area contributed by atoms with E-state index in [0.29, 0.717) is 45.2 Å². The molecule has 1 aromatic rings. The molecule has 0 fully saturated rings. The van der Waals surface area contributed by atoms with Gasteiger partial charge in [0.25, 0.3) is 0 Å². The van der Waals surface area contributed by atoms with Crippen LogP contribution in [0.1, 0.15) is 106 Å². The number of nitrogens with one attached hydrogen (secondary N) is 4. The van der Waals surface area contributed by atoms with Crippen molar-refractivity contribution in [3.63, 3.8) is 0 Å². The lowest BCUT2D eigenvalue weighted by Gasteiger charge is -2.24. The molecule has 0 spiro atoms. The van der Waals surface area contributed by atoms with Crippen LogP contribution in [0.5, 0.6) is 0 Å². The molecule has 13 heteroatoms. The second-order valence-electron chi connectivity index (χ2n) is 14.6. The van der Waals surface area contributed by atoms with E-state index in [4.69, 9.17) is 18.9 Å². The predicted molar refractivity (Wildman–Crippen MR) is 182 cm³/mol. The van der Waals surface area contributed by atoms with Gasteiger partial charge >= 0.3 is 24.2 Å². The highest BCUT2D eigenvalue weighted by Crippen LogP contribution is 2.14. The van der Waals surface area contributed by atoms with Crippen molar-refractivity contribution in [1.29, 1.82) is 0 Å². The highest BCUT2D eigenvalue weighted by atomic mass is 16.6. The molecule has 4 N–H and O–H groups in total. The fourth-order valence-electron chi connectivity index (χ4n) is 4.21. The number of ether oxygens (including phenoxy) is 4. The van der Waals surface area contributed by atoms with E-state index in [1.807, 2.05) is 30.3 Å². The monoisotopic (exact) mass is 678 g/mol. The van der Waals surface area contributed by atoms with Crippen LogP contribution < -0.4 is 21.3 Å². The molecule has 272 valence electrons. The normalized spacial score (nSPS) is 12.9. The maximum Gasteiger partial charge on any atom is 0.408 e. The smallest absolute Gasteiger partial charge is 0.408 e. The number of hydrogen-bond acceptors (Lipinski definition) is 9. The number of hydrogen-bond donors (Lipinski definition) is 4. The van der Waals surface area contributed by atoms with Gasteiger partial charge in [-0.3, -0.25) is 9.59 Å². The molecule has 0 heterocycles. The molecule has 1 rings (SSSR count). The summed E-state index contributed by atoms with van der Waals surface area (Å²) in [5, 5.41) is 10.8. The predicted octanol–water partition coefficient (Wildman–Crippen LogP) is 5.75. The maximum atomic E-state index is 13.4. The SMILES string of the molecule is CC(C)(C)OC(=O)NCCCC[C@H](CNC(=O)[C@H](CCCCNC(=O)OC(C)(C)C)NC(=O)OC(C)(C)C)C(=O)OCc1ccccc1. The number of carbonyl (C=O) groups is 5. The first-order valence-corrected chi connectivity index (χ1v) is 16.7. The third-order valence-corrected chi connectivity index (χ3v) is 6.32. The van der Waals surface area contributed by atoms with E-state index in [1.54, 1.807) is 62.3 Å². The van der Waals surface area contributed by atoms with Crippen molar-refractivity contribution in [3.8, 4) is 0 Å². The molecule has 0 aliphatic rings. The van der Waals surface area contributed by atoms with E-state index in [2.05, 4.69) is 21.3 Å². The van der Waals surface area contributed by atoms with E-state index in [0.717, 1.165) is 5.56 Å². The van der Waals surface area contributed by atoms with Crippen molar-refractivity contribution in [2.75, 3.05) is 19.6 Å². The molecule has 13 nitrogen and oxygen atoms in total. The highest BCUT2D eigenvalue weighted by molar-refractivity contribution is 5.86. The lowest BCUT2D eigenvalue weighted by Crippen LogP contribution is -2.49. The molecule has 48 heavy (non-hydrogen) atoms. The summed E-state index contributed by atoms with van der Waals surface area (Å²) < 4.78 is 21.4. The summed E-state index contributed by atoms with van der Waals surface area (Å²) in [6.07, 6.45) is 1.04. The summed E-state index contributed by atoms with van der Waals surface area (Å²) in [6.45, 7) is 16.6. The topological polar surface area (TPSA) is 170 Å². The zero-order valence-electron chi connectivity index (χ0n) is 30.3. The first kappa shape index (κ1) is 42.0. The van der Waals surface area contributed by atoms with Gasteiger partial charge in [-0.05, 0) is 100.0 Å². The number of rotatable bonds is 17. The largest absolute Gasteiger partial charge is 0.461 e. The van der Waals surface area contributed by atoms with Gasteiger partial charge in [-0.25, -0.2) is 14.4 Å². The molecule has 0 aromatic heterocycles. The average Bonchev–Trinajstić information content (AvgIpc) is 2.94. The van der Waals surface area contributed by atoms with Crippen LogP contribution in [0.3, 0.4) is 0 Å². The molecular weight excluding hydrogens is 620 g/mol. The average molecular weight is 679 g/mol. The Morgan fingerprint density at radius 2 is 1.10 bits per heavy atom. The first-order valence-electron chi connectivity index (χ1n) is 16.7. The number of unbranched alkanes of at least 4 members (excludes halogenated alkanes) is 2. The van der Waals surface area contributed by atoms with Gasteiger partial charge < -0.3 is 40.2 Å². The molecule has 0 unspecified atom stereocenters. The van der Waals surface area contributed by atoms with Gasteiger partial charge in [0.15, 0.2) is 0 Å². The molecule has 1 aromatic carbocycles. The third kappa shape index (κ3) is 21.7. The van der Waals surface area contributed by atoms with Gasteiger partial charge in [-0.15, -0.1) is 0 Å². The molecule has 4 amide bonds. The summed E-state index contributed by atoms with van der Waals surface area (Å²) in [4.78, 5) is 63.0. The van der Waals surface area contributed by atoms with Crippen LogP contribution in [0, 0.1) is 5.92 Å². The second kappa shape index (κ2) is 20.4. The lowest BCUT2D eigenvalue weighted by atomic mass is 10.0. The van der Waals surface area contributed by atoms with Crippen LogP contribution in [-0.2, 0) is 35.1 Å². The van der Waals surface area contributed by atoms with Crippen molar-refractivity contribution in [2.45, 2.75) is 130 Å². The summed E-state index contributed by atoms with van der Waals surface area (Å²) in [6, 6.07) is 8.33. The van der Waals surface area contributed by atoms with E-state index >= 15 is 0 Å². The minimum Gasteiger partial charge on any atom is -0.461 e. The fraction of sp³-hybridized carbons (Fsp3) is 0.686. The van der Waals surface area contributed by atoms with Crippen LogP contribution in [-0.4, -0.2) is 72.6 Å². The molecule has 2 atom stereocenters. The van der Waals surface area contributed by atoms with E-state index in [-0.39, 0.29) is 19.6 Å². The van der Waals surface area contributed by atoms with Crippen LogP contribution >= 0.6 is 0 Å². The van der Waals surface area contributed by atoms with Crippen LogP contribution in [0.4, 0.5) is 14.4 Å². The van der Waals surface area contributed by atoms with E-state index in [1.165, 1.54) is 0 Å². The van der Waals surface area contributed by atoms with Crippen LogP contribution in [0.2, 0.25) is 0 Å². The summed E-state index contributed by atoms with van der Waals surface area (Å²) >= 11 is 0. The molecule has 0 aliphatic carbocycles. The van der Waals surface area contributed by atoms with Gasteiger partial charge in [0.05, 0.1) is 5.92 Å². The van der Waals surface area contributed by atoms with Gasteiger partial charge in [0.2, 0.25) is 5.91 Å². The Balaban J connectivity index is 2.83. The van der Waals surface area contributed by atoms with E-state index in [9.17, 15) is 24.0 Å². The minimum atomic E-state index is -0.944. The second-order valence-corrected chi connectivity index (χ2v) is 14.6. The Hall–Kier alpha value is -4.03. The van der Waals surface area contributed by atoms with Crippen LogP contribution in [0.15, 0.2) is 30.3 Å². The zero-order chi connectivity index (χ0) is 36.4. The molecule has 0 bridgehead atoms. The van der Waals surface area contributed by atoms with Crippen LogP contribution in [0.25, 0.3) is 0 Å². The summed E-state index contributed by atoms with van der Waals surface area (Å²) in [5.74, 6) is -1.61. The maximum absolute atomic E-state index is 13.4. The van der Waals surface area contributed by atoms with Gasteiger partial charge in [-0.2, -0.15) is 0 Å². The Labute approximate surface area is 285 Å². The lowest BCUT2D eigenvalue weighted by molar-refractivity contribution is -0.150. The number of alkyl carbamates (subject to hydrolysis) is 3. The summed E-state index contributed by atoms with van der Waals surface area (Å²) in [5.41, 5.74) is -1.16. The quantitative estimate of drug-likeness (QED) is 0.0911. The van der Waals surface area contributed by atoms with Gasteiger partial charge in [-0.1, -0.05) is 36.8 Å². The standard InChI is InChI=1S/C35H58N4O9/c1-33(2,3)46-30(42)36-21-15-13-19-26(29(41)45-24-25-17-11-10-12-18-25)23-38-28(40)27(39-32(44)48-35(7,8)9)20-14-16-22-37-31(43)47-34(4,5)6/h10-12,17-18,26-27H,13-16,19-24H2,1-9H3,(H,36,42)(H,37,43)(H,38,40)(H,39,44)/t26-,27+/m1/s1. The molecular formula is C35H58N4O9. The minimum absolute atomic E-state index is 0.0152. The van der Waals surface area contributed by atoms with Crippen molar-refractivity contribution in [2.24, 2.45) is 5.92 Å². The molecule has 0 aliphatic heterocycles. The highest BCUT2D eigenvalue weighted by Gasteiger charge is 2.27. The van der Waals surface area contributed by atoms with Gasteiger partial charge in [0.1, 0.15) is 29.5 Å². The van der Waals surface area contributed by atoms with Crippen molar-refractivity contribution in [3.05, 3.63) is 35.9 Å². The molecule has 0 radical (unpaired) electrons. The van der Waals surface area contributed by atoms with Gasteiger partial charge in [0, 0.05) is 19.6 Å². The Kier molecular flexibility index (Phi) is 17.8. The third-order valence-electron chi connectivity index (χ3n) is 6.32. The fourth-order valence-corrected chi connectivity index (χ4v) is 4.21. The van der Waals surface area contributed by atoms with Crippen molar-refractivity contribution >= 4 is 30.2 Å². The first-order chi connectivity index (χ1) is 22.2. The van der Waals surface area contributed by atoms with Crippen molar-refractivity contribution in [1.82, 2.24) is 21.3 Å². The number of carbonyl (C=O) groups excluding carboxylic acids is 5. The Bertz CT molecular complexity index is 1160.